The Labute approximate surface area is 74.0 Å². The first-order valence-corrected chi connectivity index (χ1v) is 4.34. The van der Waals surface area contributed by atoms with Gasteiger partial charge in [0, 0.05) is 13.2 Å². The van der Waals surface area contributed by atoms with Crippen LogP contribution in [0.5, 0.6) is 0 Å². The van der Waals surface area contributed by atoms with Gasteiger partial charge in [-0.3, -0.25) is 0 Å². The fourth-order valence-corrected chi connectivity index (χ4v) is 0.739. The summed E-state index contributed by atoms with van der Waals surface area (Å²) in [5.74, 6) is 0.588. The van der Waals surface area contributed by atoms with Crippen molar-refractivity contribution in [3.8, 4) is 0 Å². The van der Waals surface area contributed by atoms with E-state index in [0.717, 1.165) is 26.1 Å². The molecule has 0 saturated carbocycles. The average Bonchev–Trinajstić information content (AvgIpc) is 2.02. The van der Waals surface area contributed by atoms with E-state index in [-0.39, 0.29) is 0 Å². The summed E-state index contributed by atoms with van der Waals surface area (Å²) in [6, 6.07) is 0. The van der Waals surface area contributed by atoms with Gasteiger partial charge in [-0.1, -0.05) is 13.8 Å². The second-order valence-corrected chi connectivity index (χ2v) is 3.11. The molecule has 0 spiro atoms. The first kappa shape index (κ1) is 11.4. The Morgan fingerprint density at radius 2 is 1.92 bits per heavy atom. The summed E-state index contributed by atoms with van der Waals surface area (Å²) in [4.78, 5) is 9.60. The largest absolute Gasteiger partial charge is 0.457 e. The molecule has 0 aromatic heterocycles. The molecule has 0 aliphatic heterocycles. The lowest BCUT2D eigenvalue weighted by Crippen LogP contribution is -2.04. The second-order valence-electron chi connectivity index (χ2n) is 3.11. The van der Waals surface area contributed by atoms with Crippen LogP contribution in [0.25, 0.3) is 0 Å². The van der Waals surface area contributed by atoms with Crippen LogP contribution in [0, 0.1) is 5.92 Å². The first-order valence-electron chi connectivity index (χ1n) is 4.34. The number of unbranched alkanes of at least 4 members (excludes halogenated alkanes) is 1. The fourth-order valence-electron chi connectivity index (χ4n) is 0.739. The Morgan fingerprint density at radius 3 is 2.50 bits per heavy atom. The molecule has 0 aliphatic carbocycles. The summed E-state index contributed by atoms with van der Waals surface area (Å²) in [5.41, 5.74) is 0. The maximum absolute atomic E-state index is 9.60. The molecule has 3 heteroatoms. The van der Waals surface area contributed by atoms with Crippen molar-refractivity contribution in [3.63, 3.8) is 0 Å². The minimum absolute atomic E-state index is 0.453. The normalized spacial score (nSPS) is 10.2. The van der Waals surface area contributed by atoms with E-state index in [0.29, 0.717) is 12.5 Å². The molecule has 0 rings (SSSR count). The summed E-state index contributed by atoms with van der Waals surface area (Å²) >= 11 is 0. The van der Waals surface area contributed by atoms with E-state index in [1.54, 1.807) is 0 Å². The average molecular weight is 173 g/mol. The summed E-state index contributed by atoms with van der Waals surface area (Å²) in [6.07, 6.45) is 1.79. The molecule has 0 aromatic rings. The molecule has 0 amide bonds. The van der Waals surface area contributed by atoms with Gasteiger partial charge in [-0.25, -0.2) is 4.79 Å². The molecule has 3 nitrogen and oxygen atoms in total. The monoisotopic (exact) mass is 173 g/mol. The predicted molar refractivity (Wildman–Crippen MR) is 46.5 cm³/mol. The molecular weight excluding hydrogens is 156 g/mol. The van der Waals surface area contributed by atoms with Crippen molar-refractivity contribution in [1.29, 1.82) is 0 Å². The van der Waals surface area contributed by atoms with Crippen molar-refractivity contribution in [3.05, 3.63) is 0 Å². The Bertz CT molecular complexity index is 102. The molecule has 0 N–H and O–H groups in total. The first-order chi connectivity index (χ1) is 5.77. The van der Waals surface area contributed by atoms with Gasteiger partial charge >= 0.3 is 6.47 Å². The van der Waals surface area contributed by atoms with Gasteiger partial charge in [-0.15, -0.1) is 0 Å². The summed E-state index contributed by atoms with van der Waals surface area (Å²) in [6.45, 7) is 7.63. The molecule has 0 bridgehead atoms. The zero-order chi connectivity index (χ0) is 9.23. The van der Waals surface area contributed by atoms with Gasteiger partial charge in [-0.2, -0.15) is 0 Å². The van der Waals surface area contributed by atoms with Gasteiger partial charge in [0.05, 0.1) is 6.61 Å². The Morgan fingerprint density at radius 1 is 1.25 bits per heavy atom. The third kappa shape index (κ3) is 9.43. The molecular formula is C9H17O3. The smallest absolute Gasteiger partial charge is 0.417 e. The highest BCUT2D eigenvalue weighted by atomic mass is 16.5. The van der Waals surface area contributed by atoms with Crippen molar-refractivity contribution in [2.24, 2.45) is 5.92 Å². The van der Waals surface area contributed by atoms with Gasteiger partial charge < -0.3 is 9.47 Å². The fraction of sp³-hybridized carbons (Fsp3) is 0.889. The van der Waals surface area contributed by atoms with Crippen molar-refractivity contribution >= 4 is 6.47 Å². The van der Waals surface area contributed by atoms with Crippen LogP contribution < -0.4 is 0 Å². The lowest BCUT2D eigenvalue weighted by atomic mass is 10.2. The summed E-state index contributed by atoms with van der Waals surface area (Å²) in [5, 5.41) is 0. The van der Waals surface area contributed by atoms with E-state index in [2.05, 4.69) is 18.6 Å². The number of hydrogen-bond donors (Lipinski definition) is 0. The van der Waals surface area contributed by atoms with E-state index < -0.39 is 0 Å². The van der Waals surface area contributed by atoms with Crippen molar-refractivity contribution in [1.82, 2.24) is 0 Å². The lowest BCUT2D eigenvalue weighted by molar-refractivity contribution is 0.103. The van der Waals surface area contributed by atoms with Crippen LogP contribution in [0.4, 0.5) is 0 Å². The van der Waals surface area contributed by atoms with Crippen LogP contribution >= 0.6 is 0 Å². The van der Waals surface area contributed by atoms with Crippen molar-refractivity contribution in [2.45, 2.75) is 26.7 Å². The van der Waals surface area contributed by atoms with E-state index >= 15 is 0 Å². The third-order valence-corrected chi connectivity index (χ3v) is 1.30. The zero-order valence-corrected chi connectivity index (χ0v) is 7.84. The maximum Gasteiger partial charge on any atom is 0.417 e. The third-order valence-electron chi connectivity index (χ3n) is 1.30. The highest BCUT2D eigenvalue weighted by Gasteiger charge is 1.93. The van der Waals surface area contributed by atoms with Crippen LogP contribution in [0.1, 0.15) is 26.7 Å². The quantitative estimate of drug-likeness (QED) is 0.522. The molecule has 71 valence electrons. The second kappa shape index (κ2) is 8.53. The van der Waals surface area contributed by atoms with E-state index in [1.165, 1.54) is 6.47 Å². The van der Waals surface area contributed by atoms with Crippen LogP contribution in [0.2, 0.25) is 0 Å². The van der Waals surface area contributed by atoms with Crippen molar-refractivity contribution < 1.29 is 14.3 Å². The van der Waals surface area contributed by atoms with Gasteiger partial charge in [0.15, 0.2) is 0 Å². The molecule has 0 unspecified atom stereocenters. The number of ether oxygens (including phenoxy) is 2. The van der Waals surface area contributed by atoms with Crippen LogP contribution in [-0.4, -0.2) is 26.3 Å². The van der Waals surface area contributed by atoms with Crippen LogP contribution in [0.3, 0.4) is 0 Å². The molecule has 0 aromatic carbocycles. The van der Waals surface area contributed by atoms with Crippen LogP contribution in [0.15, 0.2) is 0 Å². The lowest BCUT2D eigenvalue weighted by Gasteiger charge is -2.05. The van der Waals surface area contributed by atoms with Crippen LogP contribution in [-0.2, 0) is 14.3 Å². The van der Waals surface area contributed by atoms with E-state index in [4.69, 9.17) is 4.74 Å². The number of hydrogen-bond acceptors (Lipinski definition) is 3. The van der Waals surface area contributed by atoms with E-state index in [1.807, 2.05) is 0 Å². The Kier molecular flexibility index (Phi) is 8.12. The van der Waals surface area contributed by atoms with Crippen molar-refractivity contribution in [2.75, 3.05) is 19.8 Å². The molecule has 0 fully saturated rings. The molecule has 0 aliphatic rings. The van der Waals surface area contributed by atoms with Gasteiger partial charge in [0.1, 0.15) is 0 Å². The highest BCUT2D eigenvalue weighted by Crippen LogP contribution is 1.95. The number of carbonyl (C=O) groups excluding carboxylic acids is 1. The van der Waals surface area contributed by atoms with Gasteiger partial charge in [0.25, 0.3) is 0 Å². The van der Waals surface area contributed by atoms with Gasteiger partial charge in [-0.05, 0) is 18.8 Å². The SMILES string of the molecule is CC(C)COCCCCO[C]=O. The van der Waals surface area contributed by atoms with E-state index in [9.17, 15) is 4.79 Å². The molecule has 0 heterocycles. The number of rotatable bonds is 8. The van der Waals surface area contributed by atoms with Gasteiger partial charge in [0.2, 0.25) is 0 Å². The molecule has 12 heavy (non-hydrogen) atoms. The maximum atomic E-state index is 9.60. The predicted octanol–water partition coefficient (Wildman–Crippen LogP) is 1.52. The topological polar surface area (TPSA) is 35.5 Å². The molecule has 0 atom stereocenters. The summed E-state index contributed by atoms with van der Waals surface area (Å²) < 4.78 is 9.72. The zero-order valence-electron chi connectivity index (χ0n) is 7.84. The minimum atomic E-state index is 0.453. The Hall–Kier alpha value is -0.570. The highest BCUT2D eigenvalue weighted by molar-refractivity contribution is 5.37. The Balaban J connectivity index is 2.86. The minimum Gasteiger partial charge on any atom is -0.457 e. The summed E-state index contributed by atoms with van der Waals surface area (Å²) in [7, 11) is 0. The standard InChI is InChI=1S/C9H17O3/c1-9(2)7-11-5-3-4-6-12-8-10/h9H,3-7H2,1-2H3. The molecule has 1 radical (unpaired) electrons. The molecule has 0 saturated heterocycles.